The SMILES string of the molecule is CC(C)CC(C)N(C)C(=O)c1sc2ccc(F)cc2c1N. The van der Waals surface area contributed by atoms with Crippen LogP contribution in [0.1, 0.15) is 36.9 Å². The van der Waals surface area contributed by atoms with Crippen LogP contribution >= 0.6 is 11.3 Å². The molecule has 1 unspecified atom stereocenters. The third kappa shape index (κ3) is 3.18. The maximum absolute atomic E-state index is 13.3. The number of halogens is 1. The lowest BCUT2D eigenvalue weighted by Gasteiger charge is -2.26. The monoisotopic (exact) mass is 308 g/mol. The van der Waals surface area contributed by atoms with E-state index in [1.54, 1.807) is 18.0 Å². The maximum atomic E-state index is 13.3. The van der Waals surface area contributed by atoms with Gasteiger partial charge in [-0.3, -0.25) is 4.79 Å². The summed E-state index contributed by atoms with van der Waals surface area (Å²) in [5, 5.41) is 0.619. The van der Waals surface area contributed by atoms with Crippen LogP contribution in [0.5, 0.6) is 0 Å². The normalized spacial score (nSPS) is 12.9. The maximum Gasteiger partial charge on any atom is 0.266 e. The number of fused-ring (bicyclic) bond motifs is 1. The highest BCUT2D eigenvalue weighted by molar-refractivity contribution is 7.21. The Balaban J connectivity index is 2.33. The van der Waals surface area contributed by atoms with Gasteiger partial charge in [0.05, 0.1) is 5.69 Å². The van der Waals surface area contributed by atoms with Crippen LogP contribution in [0.2, 0.25) is 0 Å². The van der Waals surface area contributed by atoms with Gasteiger partial charge in [-0.15, -0.1) is 11.3 Å². The number of nitrogen functional groups attached to an aromatic ring is 1. The Morgan fingerprint density at radius 3 is 2.67 bits per heavy atom. The molecule has 0 aliphatic carbocycles. The van der Waals surface area contributed by atoms with Gasteiger partial charge in [0.2, 0.25) is 0 Å². The molecule has 0 aliphatic heterocycles. The molecule has 1 atom stereocenters. The Morgan fingerprint density at radius 1 is 1.38 bits per heavy atom. The summed E-state index contributed by atoms with van der Waals surface area (Å²) in [4.78, 5) is 14.8. The molecule has 21 heavy (non-hydrogen) atoms. The highest BCUT2D eigenvalue weighted by Crippen LogP contribution is 2.35. The molecule has 0 bridgehead atoms. The van der Waals surface area contributed by atoms with Crippen LogP contribution in [-0.4, -0.2) is 23.9 Å². The van der Waals surface area contributed by atoms with E-state index >= 15 is 0 Å². The lowest BCUT2D eigenvalue weighted by Crippen LogP contribution is -2.35. The molecule has 0 spiro atoms. The number of amides is 1. The van der Waals surface area contributed by atoms with E-state index < -0.39 is 0 Å². The first-order valence-corrected chi connectivity index (χ1v) is 7.87. The second-order valence-electron chi connectivity index (χ2n) is 5.88. The molecule has 0 fully saturated rings. The topological polar surface area (TPSA) is 46.3 Å². The number of hydrogen-bond acceptors (Lipinski definition) is 3. The van der Waals surface area contributed by atoms with Crippen LogP contribution in [0.4, 0.5) is 10.1 Å². The Labute approximate surface area is 128 Å². The number of thiophene rings is 1. The highest BCUT2D eigenvalue weighted by atomic mass is 32.1. The number of rotatable bonds is 4. The number of hydrogen-bond donors (Lipinski definition) is 1. The lowest BCUT2D eigenvalue weighted by molar-refractivity contribution is 0.0734. The molecule has 3 nitrogen and oxygen atoms in total. The van der Waals surface area contributed by atoms with Gasteiger partial charge in [0.25, 0.3) is 5.91 Å². The van der Waals surface area contributed by atoms with Crippen molar-refractivity contribution in [1.29, 1.82) is 0 Å². The van der Waals surface area contributed by atoms with Crippen molar-refractivity contribution in [3.8, 4) is 0 Å². The van der Waals surface area contributed by atoms with Crippen molar-refractivity contribution >= 4 is 33.0 Å². The van der Waals surface area contributed by atoms with Gasteiger partial charge in [0, 0.05) is 23.2 Å². The molecule has 0 radical (unpaired) electrons. The Morgan fingerprint density at radius 2 is 2.05 bits per heavy atom. The number of carbonyl (C=O) groups is 1. The molecule has 1 aromatic carbocycles. The summed E-state index contributed by atoms with van der Waals surface area (Å²) >= 11 is 1.32. The third-order valence-electron chi connectivity index (χ3n) is 3.68. The third-order valence-corrected chi connectivity index (χ3v) is 4.85. The predicted molar refractivity (Wildman–Crippen MR) is 87.2 cm³/mol. The van der Waals surface area contributed by atoms with E-state index in [1.807, 2.05) is 6.92 Å². The van der Waals surface area contributed by atoms with E-state index in [-0.39, 0.29) is 17.8 Å². The molecule has 5 heteroatoms. The zero-order valence-corrected chi connectivity index (χ0v) is 13.6. The van der Waals surface area contributed by atoms with E-state index in [9.17, 15) is 9.18 Å². The average Bonchev–Trinajstić information content (AvgIpc) is 2.73. The first kappa shape index (κ1) is 15.8. The van der Waals surface area contributed by atoms with Gasteiger partial charge < -0.3 is 10.6 Å². The average molecular weight is 308 g/mol. The van der Waals surface area contributed by atoms with Crippen LogP contribution < -0.4 is 5.73 Å². The van der Waals surface area contributed by atoms with Crippen LogP contribution in [0.25, 0.3) is 10.1 Å². The zero-order valence-electron chi connectivity index (χ0n) is 12.8. The molecule has 1 amide bonds. The largest absolute Gasteiger partial charge is 0.397 e. The van der Waals surface area contributed by atoms with Gasteiger partial charge in [0.1, 0.15) is 10.7 Å². The molecule has 0 saturated heterocycles. The first-order valence-electron chi connectivity index (χ1n) is 7.06. The number of carbonyl (C=O) groups excluding carboxylic acids is 1. The van der Waals surface area contributed by atoms with Crippen molar-refractivity contribution in [2.24, 2.45) is 5.92 Å². The van der Waals surface area contributed by atoms with Crippen molar-refractivity contribution in [1.82, 2.24) is 4.90 Å². The van der Waals surface area contributed by atoms with Gasteiger partial charge >= 0.3 is 0 Å². The van der Waals surface area contributed by atoms with Crippen molar-refractivity contribution in [2.75, 3.05) is 12.8 Å². The van der Waals surface area contributed by atoms with Crippen molar-refractivity contribution in [3.63, 3.8) is 0 Å². The number of nitrogens with zero attached hydrogens (tertiary/aromatic N) is 1. The molecule has 114 valence electrons. The van der Waals surface area contributed by atoms with Gasteiger partial charge in [-0.05, 0) is 37.5 Å². The molecule has 0 aliphatic rings. The second kappa shape index (κ2) is 6.02. The van der Waals surface area contributed by atoms with Crippen LogP contribution in [0.15, 0.2) is 18.2 Å². The minimum Gasteiger partial charge on any atom is -0.397 e. The van der Waals surface area contributed by atoms with Crippen molar-refractivity contribution in [3.05, 3.63) is 28.9 Å². The van der Waals surface area contributed by atoms with Gasteiger partial charge in [-0.1, -0.05) is 13.8 Å². The van der Waals surface area contributed by atoms with Gasteiger partial charge in [-0.2, -0.15) is 0 Å². The van der Waals surface area contributed by atoms with E-state index in [2.05, 4.69) is 13.8 Å². The lowest BCUT2D eigenvalue weighted by atomic mass is 10.0. The molecular formula is C16H21FN2OS. The summed E-state index contributed by atoms with van der Waals surface area (Å²) < 4.78 is 14.1. The minimum absolute atomic E-state index is 0.0951. The minimum atomic E-state index is -0.340. The zero-order chi connectivity index (χ0) is 15.7. The summed E-state index contributed by atoms with van der Waals surface area (Å²) in [6.45, 7) is 6.29. The number of anilines is 1. The molecule has 1 heterocycles. The van der Waals surface area contributed by atoms with Gasteiger partial charge in [-0.25, -0.2) is 4.39 Å². The van der Waals surface area contributed by atoms with Crippen LogP contribution in [0.3, 0.4) is 0 Å². The van der Waals surface area contributed by atoms with Crippen molar-refractivity contribution in [2.45, 2.75) is 33.2 Å². The van der Waals surface area contributed by atoms with E-state index in [4.69, 9.17) is 5.73 Å². The summed E-state index contributed by atoms with van der Waals surface area (Å²) in [5.74, 6) is 0.0823. The number of nitrogens with two attached hydrogens (primary N) is 1. The molecule has 2 rings (SSSR count). The molecule has 2 aromatic rings. The quantitative estimate of drug-likeness (QED) is 0.923. The standard InChI is InChI=1S/C16H21FN2OS/c1-9(2)7-10(3)19(4)16(20)15-14(18)12-8-11(17)5-6-13(12)21-15/h5-6,8-10H,7,18H2,1-4H3. The fraction of sp³-hybridized carbons (Fsp3) is 0.438. The van der Waals surface area contributed by atoms with E-state index in [0.29, 0.717) is 21.9 Å². The Kier molecular flexibility index (Phi) is 4.52. The molecule has 2 N–H and O–H groups in total. The first-order chi connectivity index (χ1) is 9.81. The number of benzene rings is 1. The smallest absolute Gasteiger partial charge is 0.266 e. The fourth-order valence-electron chi connectivity index (χ4n) is 2.45. The fourth-order valence-corrected chi connectivity index (χ4v) is 3.53. The summed E-state index contributed by atoms with van der Waals surface area (Å²) in [6, 6.07) is 4.58. The van der Waals surface area contributed by atoms with Crippen LogP contribution in [-0.2, 0) is 0 Å². The molecule has 1 aromatic heterocycles. The molecule has 0 saturated carbocycles. The Bertz CT molecular complexity index is 666. The van der Waals surface area contributed by atoms with Crippen LogP contribution in [0, 0.1) is 11.7 Å². The molecular weight excluding hydrogens is 287 g/mol. The summed E-state index contributed by atoms with van der Waals surface area (Å²) in [5.41, 5.74) is 6.42. The predicted octanol–water partition coefficient (Wildman–Crippen LogP) is 4.13. The van der Waals surface area contributed by atoms with E-state index in [0.717, 1.165) is 11.1 Å². The van der Waals surface area contributed by atoms with Crippen molar-refractivity contribution < 1.29 is 9.18 Å². The summed E-state index contributed by atoms with van der Waals surface area (Å²) in [6.07, 6.45) is 0.932. The second-order valence-corrected chi connectivity index (χ2v) is 6.93. The van der Waals surface area contributed by atoms with Gasteiger partial charge in [0.15, 0.2) is 0 Å². The van der Waals surface area contributed by atoms with E-state index in [1.165, 1.54) is 23.5 Å². The summed E-state index contributed by atoms with van der Waals surface area (Å²) in [7, 11) is 1.79. The Hall–Kier alpha value is -1.62. The highest BCUT2D eigenvalue weighted by Gasteiger charge is 2.23.